The number of aryl methyl sites for hydroxylation is 1. The maximum atomic E-state index is 12.6. The number of nitrogens with one attached hydrogen (secondary N) is 1. The van der Waals surface area contributed by atoms with Crippen molar-refractivity contribution in [2.45, 2.75) is 50.9 Å². The summed E-state index contributed by atoms with van der Waals surface area (Å²) < 4.78 is 7.63. The summed E-state index contributed by atoms with van der Waals surface area (Å²) in [5.74, 6) is 0.598. The second kappa shape index (κ2) is 5.77. The Morgan fingerprint density at radius 3 is 2.78 bits per heavy atom. The predicted octanol–water partition coefficient (Wildman–Crippen LogP) is 2.02. The highest BCUT2D eigenvalue weighted by molar-refractivity contribution is 5.92. The number of nitrogens with zero attached hydrogens (tertiary/aromatic N) is 3. The number of fused-ring (bicyclic) bond motifs is 2. The van der Waals surface area contributed by atoms with Crippen LogP contribution >= 0.6 is 0 Å². The van der Waals surface area contributed by atoms with Crippen LogP contribution in [0, 0.1) is 6.92 Å². The molecule has 1 amide bonds. The molecule has 0 aliphatic carbocycles. The lowest BCUT2D eigenvalue weighted by Gasteiger charge is -2.28. The summed E-state index contributed by atoms with van der Waals surface area (Å²) in [6.07, 6.45) is 9.86. The number of carbonyl (C=O) groups is 1. The number of aromatic nitrogens is 3. The Bertz CT molecular complexity index is 701. The number of ether oxygens (including phenoxy) is 1. The van der Waals surface area contributed by atoms with Crippen molar-refractivity contribution in [2.24, 2.45) is 0 Å². The van der Waals surface area contributed by atoms with Crippen LogP contribution in [0.2, 0.25) is 0 Å². The lowest BCUT2D eigenvalue weighted by molar-refractivity contribution is -0.00777. The molecule has 120 valence electrons. The minimum Gasteiger partial charge on any atom is -0.375 e. The summed E-state index contributed by atoms with van der Waals surface area (Å²) in [6.45, 7) is 1.97. The number of pyridine rings is 1. The molecule has 2 bridgehead atoms. The molecule has 4 rings (SSSR count). The van der Waals surface area contributed by atoms with Gasteiger partial charge in [0.2, 0.25) is 0 Å². The van der Waals surface area contributed by atoms with Gasteiger partial charge >= 0.3 is 0 Å². The molecular weight excluding hydrogens is 292 g/mol. The molecular formula is C17H20N4O2. The first-order chi connectivity index (χ1) is 11.2. The molecule has 2 aliphatic rings. The van der Waals surface area contributed by atoms with Gasteiger partial charge in [0, 0.05) is 18.4 Å². The van der Waals surface area contributed by atoms with Gasteiger partial charge in [0.15, 0.2) is 0 Å². The van der Waals surface area contributed by atoms with Crippen LogP contribution in [0.5, 0.6) is 0 Å². The van der Waals surface area contributed by atoms with E-state index in [1.54, 1.807) is 17.1 Å². The van der Waals surface area contributed by atoms with Crippen molar-refractivity contribution < 1.29 is 9.53 Å². The highest BCUT2D eigenvalue weighted by atomic mass is 16.5. The molecule has 1 N–H and O–H groups in total. The number of imidazole rings is 1. The van der Waals surface area contributed by atoms with Gasteiger partial charge in [0.05, 0.1) is 12.2 Å². The van der Waals surface area contributed by atoms with E-state index >= 15 is 0 Å². The molecule has 6 heteroatoms. The number of amides is 1. The van der Waals surface area contributed by atoms with Gasteiger partial charge in [-0.1, -0.05) is 0 Å². The fourth-order valence-electron chi connectivity index (χ4n) is 3.53. The number of hydrogen-bond donors (Lipinski definition) is 1. The fourth-order valence-corrected chi connectivity index (χ4v) is 3.53. The Hall–Kier alpha value is -2.21. The maximum Gasteiger partial charge on any atom is 0.270 e. The molecule has 4 heterocycles. The monoisotopic (exact) mass is 312 g/mol. The van der Waals surface area contributed by atoms with Crippen molar-refractivity contribution in [3.63, 3.8) is 0 Å². The van der Waals surface area contributed by atoms with Crippen molar-refractivity contribution in [1.82, 2.24) is 19.9 Å². The predicted molar refractivity (Wildman–Crippen MR) is 84.5 cm³/mol. The molecule has 23 heavy (non-hydrogen) atoms. The quantitative estimate of drug-likeness (QED) is 0.941. The van der Waals surface area contributed by atoms with Crippen LogP contribution in [0.4, 0.5) is 0 Å². The van der Waals surface area contributed by atoms with Crippen molar-refractivity contribution >= 4 is 5.91 Å². The average Bonchev–Trinajstić information content (AvgIpc) is 3.16. The molecule has 2 unspecified atom stereocenters. The van der Waals surface area contributed by atoms with Crippen molar-refractivity contribution in [2.75, 3.05) is 0 Å². The molecule has 0 aromatic carbocycles. The van der Waals surface area contributed by atoms with E-state index < -0.39 is 0 Å². The largest absolute Gasteiger partial charge is 0.375 e. The third-order valence-electron chi connectivity index (χ3n) is 4.58. The first-order valence-corrected chi connectivity index (χ1v) is 8.11. The van der Waals surface area contributed by atoms with Crippen LogP contribution in [0.15, 0.2) is 30.9 Å². The molecule has 0 radical (unpaired) electrons. The third kappa shape index (κ3) is 2.99. The molecule has 0 saturated carbocycles. The van der Waals surface area contributed by atoms with E-state index in [1.807, 2.05) is 25.3 Å². The van der Waals surface area contributed by atoms with Crippen molar-refractivity contribution in [1.29, 1.82) is 0 Å². The van der Waals surface area contributed by atoms with E-state index in [0.29, 0.717) is 23.7 Å². The van der Waals surface area contributed by atoms with Gasteiger partial charge in [-0.25, -0.2) is 9.97 Å². The normalized spacial score (nSPS) is 26.2. The van der Waals surface area contributed by atoms with E-state index in [2.05, 4.69) is 15.3 Å². The summed E-state index contributed by atoms with van der Waals surface area (Å²) in [5.41, 5.74) is 1.45. The molecule has 0 spiro atoms. The minimum atomic E-state index is -0.110. The number of hydrogen-bond acceptors (Lipinski definition) is 4. The molecule has 2 atom stereocenters. The van der Waals surface area contributed by atoms with E-state index in [1.165, 1.54) is 0 Å². The van der Waals surface area contributed by atoms with E-state index in [4.69, 9.17) is 4.74 Å². The van der Waals surface area contributed by atoms with Gasteiger partial charge in [-0.2, -0.15) is 0 Å². The first-order valence-electron chi connectivity index (χ1n) is 8.11. The zero-order valence-corrected chi connectivity index (χ0v) is 13.1. The van der Waals surface area contributed by atoms with Crippen LogP contribution < -0.4 is 5.32 Å². The van der Waals surface area contributed by atoms with E-state index in [0.717, 1.165) is 31.2 Å². The molecule has 2 aliphatic heterocycles. The van der Waals surface area contributed by atoms with Crippen LogP contribution in [0.1, 0.15) is 41.7 Å². The third-order valence-corrected chi connectivity index (χ3v) is 4.58. The zero-order valence-electron chi connectivity index (χ0n) is 13.1. The summed E-state index contributed by atoms with van der Waals surface area (Å²) in [6, 6.07) is 3.95. The lowest BCUT2D eigenvalue weighted by Crippen LogP contribution is -2.42. The summed E-state index contributed by atoms with van der Waals surface area (Å²) in [4.78, 5) is 21.1. The van der Waals surface area contributed by atoms with Crippen molar-refractivity contribution in [3.8, 4) is 5.82 Å². The van der Waals surface area contributed by atoms with Gasteiger partial charge < -0.3 is 10.1 Å². The highest BCUT2D eigenvalue weighted by Gasteiger charge is 2.35. The van der Waals surface area contributed by atoms with Gasteiger partial charge in [-0.05, 0) is 50.3 Å². The second-order valence-electron chi connectivity index (χ2n) is 6.46. The second-order valence-corrected chi connectivity index (χ2v) is 6.46. The molecule has 2 saturated heterocycles. The molecule has 6 nitrogen and oxygen atoms in total. The van der Waals surface area contributed by atoms with Gasteiger partial charge in [0.25, 0.3) is 5.91 Å². The Labute approximate surface area is 134 Å². The molecule has 2 fully saturated rings. The van der Waals surface area contributed by atoms with E-state index in [9.17, 15) is 4.79 Å². The van der Waals surface area contributed by atoms with E-state index in [-0.39, 0.29) is 11.9 Å². The van der Waals surface area contributed by atoms with Crippen LogP contribution in [-0.4, -0.2) is 38.7 Å². The van der Waals surface area contributed by atoms with Gasteiger partial charge in [-0.3, -0.25) is 9.36 Å². The summed E-state index contributed by atoms with van der Waals surface area (Å²) in [7, 11) is 0. The first kappa shape index (κ1) is 14.4. The molecule has 2 aromatic heterocycles. The smallest absolute Gasteiger partial charge is 0.270 e. The Morgan fingerprint density at radius 2 is 2.09 bits per heavy atom. The topological polar surface area (TPSA) is 69.0 Å². The molecule has 2 aromatic rings. The van der Waals surface area contributed by atoms with Gasteiger partial charge in [-0.15, -0.1) is 0 Å². The van der Waals surface area contributed by atoms with Gasteiger partial charge in [0.1, 0.15) is 17.8 Å². The van der Waals surface area contributed by atoms with Crippen LogP contribution in [0.25, 0.3) is 5.82 Å². The zero-order chi connectivity index (χ0) is 15.8. The summed E-state index contributed by atoms with van der Waals surface area (Å²) in [5, 5.41) is 3.13. The van der Waals surface area contributed by atoms with Crippen LogP contribution in [-0.2, 0) is 4.74 Å². The Balaban J connectivity index is 1.52. The number of rotatable bonds is 3. The lowest BCUT2D eigenvalue weighted by atomic mass is 10.0. The van der Waals surface area contributed by atoms with Crippen LogP contribution in [0.3, 0.4) is 0 Å². The minimum absolute atomic E-state index is 0.110. The maximum absolute atomic E-state index is 12.6. The SMILES string of the molecule is Cc1cc(C(=O)NC2CC3CCC(C2)O3)nc(-n2ccnc2)c1. The standard InChI is InChI=1S/C17H20N4O2/c1-11-6-15(20-16(7-11)21-5-4-18-10-21)17(22)19-12-8-13-2-3-14(9-12)23-13/h4-7,10,12-14H,2-3,8-9H2,1H3,(H,19,22). The number of carbonyl (C=O) groups excluding carboxylic acids is 1. The Morgan fingerprint density at radius 1 is 1.30 bits per heavy atom. The van der Waals surface area contributed by atoms with Crippen molar-refractivity contribution in [3.05, 3.63) is 42.1 Å². The average molecular weight is 312 g/mol. The Kier molecular flexibility index (Phi) is 3.61. The highest BCUT2D eigenvalue weighted by Crippen LogP contribution is 2.32. The summed E-state index contributed by atoms with van der Waals surface area (Å²) >= 11 is 0. The fraction of sp³-hybridized carbons (Fsp3) is 0.471.